The van der Waals surface area contributed by atoms with Crippen LogP contribution in [0.1, 0.15) is 94.0 Å². The third kappa shape index (κ3) is 16.2. The van der Waals surface area contributed by atoms with E-state index in [1.54, 1.807) is 25.3 Å². The molecule has 6 atom stereocenters. The van der Waals surface area contributed by atoms with Crippen molar-refractivity contribution in [3.63, 3.8) is 0 Å². The standard InChI is InChI=1S/C47H78O10Si3/c1-33(35(3)57-60(16,17)46(4,5)6)23-24-39(54-44(48)36-21-19-18-20-22-36)43-41(55-47(7,8)56-43)29-34(2)38-30-37(51-25-27-58(10,11)12)31-40(53-32-50-9)42(38)45(49)52-26-28-59(13,14)15/h18-24,30-31,33-35,39,41,43H,25-29,32H2,1-17H3/b24-23-/t33-,34?,35+,39?,41+,43?/m1/s1. The zero-order valence-corrected chi connectivity index (χ0v) is 43.0. The summed E-state index contributed by atoms with van der Waals surface area (Å²) in [4.78, 5) is 27.8. The second-order valence-electron chi connectivity index (χ2n) is 20.9. The third-order valence-corrected chi connectivity index (χ3v) is 19.4. The molecule has 0 aliphatic carbocycles. The summed E-state index contributed by atoms with van der Waals surface area (Å²) in [5.74, 6) is -1.26. The number of ether oxygens (including phenoxy) is 7. The van der Waals surface area contributed by atoms with E-state index in [4.69, 9.17) is 37.6 Å². The van der Waals surface area contributed by atoms with Crippen LogP contribution in [0.4, 0.5) is 0 Å². The Balaban J connectivity index is 2.08. The van der Waals surface area contributed by atoms with Crippen LogP contribution in [-0.4, -0.2) is 93.7 Å². The lowest BCUT2D eigenvalue weighted by molar-refractivity contribution is -0.153. The van der Waals surface area contributed by atoms with Crippen molar-refractivity contribution in [1.29, 1.82) is 0 Å². The molecule has 60 heavy (non-hydrogen) atoms. The number of benzene rings is 2. The predicted octanol–water partition coefficient (Wildman–Crippen LogP) is 11.7. The molecule has 10 nitrogen and oxygen atoms in total. The van der Waals surface area contributed by atoms with Crippen LogP contribution in [-0.2, 0) is 28.1 Å². The molecule has 1 heterocycles. The van der Waals surface area contributed by atoms with E-state index in [1.165, 1.54) is 0 Å². The van der Waals surface area contributed by atoms with Crippen molar-refractivity contribution in [3.05, 3.63) is 71.3 Å². The van der Waals surface area contributed by atoms with Crippen LogP contribution < -0.4 is 9.47 Å². The van der Waals surface area contributed by atoms with Gasteiger partial charge in [0.2, 0.25) is 0 Å². The van der Waals surface area contributed by atoms with Gasteiger partial charge in [-0.25, -0.2) is 9.59 Å². The number of rotatable bonds is 22. The normalized spacial score (nSPS) is 19.4. The van der Waals surface area contributed by atoms with Gasteiger partial charge in [0.15, 0.2) is 20.9 Å². The van der Waals surface area contributed by atoms with Gasteiger partial charge in [-0.2, -0.15) is 0 Å². The van der Waals surface area contributed by atoms with E-state index in [-0.39, 0.29) is 29.8 Å². The van der Waals surface area contributed by atoms with E-state index in [2.05, 4.69) is 100.0 Å². The van der Waals surface area contributed by atoms with Crippen LogP contribution in [0.3, 0.4) is 0 Å². The van der Waals surface area contributed by atoms with Gasteiger partial charge in [-0.3, -0.25) is 0 Å². The minimum absolute atomic E-state index is 0.00786. The molecule has 1 fully saturated rings. The zero-order valence-electron chi connectivity index (χ0n) is 40.0. The molecule has 3 unspecified atom stereocenters. The van der Waals surface area contributed by atoms with Crippen LogP contribution in [0, 0.1) is 5.92 Å². The van der Waals surface area contributed by atoms with Crippen molar-refractivity contribution in [1.82, 2.24) is 0 Å². The van der Waals surface area contributed by atoms with Crippen molar-refractivity contribution in [2.45, 2.75) is 167 Å². The van der Waals surface area contributed by atoms with E-state index in [0.717, 1.165) is 12.1 Å². The first-order chi connectivity index (χ1) is 27.6. The fourth-order valence-corrected chi connectivity index (χ4v) is 9.43. The first kappa shape index (κ1) is 51.6. The molecule has 3 rings (SSSR count). The highest BCUT2D eigenvalue weighted by atomic mass is 28.4. The summed E-state index contributed by atoms with van der Waals surface area (Å²) in [6.07, 6.45) is 2.31. The Morgan fingerprint density at radius 2 is 1.45 bits per heavy atom. The lowest BCUT2D eigenvalue weighted by atomic mass is 9.88. The first-order valence-corrected chi connectivity index (χ1v) is 32.0. The lowest BCUT2D eigenvalue weighted by Crippen LogP contribution is -2.44. The van der Waals surface area contributed by atoms with Crippen LogP contribution >= 0.6 is 0 Å². The predicted molar refractivity (Wildman–Crippen MR) is 250 cm³/mol. The fourth-order valence-electron chi connectivity index (χ4n) is 6.51. The van der Waals surface area contributed by atoms with Crippen molar-refractivity contribution >= 4 is 36.4 Å². The number of carbonyl (C=O) groups is 2. The summed E-state index contributed by atoms with van der Waals surface area (Å²) in [6.45, 7) is 35.7. The monoisotopic (exact) mass is 886 g/mol. The van der Waals surface area contributed by atoms with Crippen LogP contribution in [0.2, 0.25) is 69.5 Å². The molecule has 0 radical (unpaired) electrons. The maximum absolute atomic E-state index is 14.1. The molecule has 2 aromatic rings. The second kappa shape index (κ2) is 21.5. The van der Waals surface area contributed by atoms with E-state index in [0.29, 0.717) is 47.8 Å². The average Bonchev–Trinajstić information content (AvgIpc) is 3.43. The highest BCUT2D eigenvalue weighted by Crippen LogP contribution is 2.42. The molecule has 0 spiro atoms. The Morgan fingerprint density at radius 3 is 2.03 bits per heavy atom. The Labute approximate surface area is 365 Å². The van der Waals surface area contributed by atoms with Gasteiger partial charge in [-0.05, 0) is 99.1 Å². The highest BCUT2D eigenvalue weighted by molar-refractivity contribution is 6.76. The number of hydrogen-bond donors (Lipinski definition) is 0. The van der Waals surface area contributed by atoms with Crippen LogP contribution in [0.15, 0.2) is 54.6 Å². The molecule has 1 aliphatic heterocycles. The molecule has 1 saturated heterocycles. The maximum atomic E-state index is 14.1. The first-order valence-electron chi connectivity index (χ1n) is 21.7. The molecule has 1 aliphatic rings. The zero-order chi connectivity index (χ0) is 45.3. The Bertz CT molecular complexity index is 1710. The molecule has 0 amide bonds. The van der Waals surface area contributed by atoms with Crippen LogP contribution in [0.5, 0.6) is 11.5 Å². The van der Waals surface area contributed by atoms with E-state index in [9.17, 15) is 9.59 Å². The van der Waals surface area contributed by atoms with E-state index in [1.807, 2.05) is 44.2 Å². The Kier molecular flexibility index (Phi) is 18.5. The molecule has 13 heteroatoms. The molecule has 2 aromatic carbocycles. The number of carbonyl (C=O) groups excluding carboxylic acids is 2. The summed E-state index contributed by atoms with van der Waals surface area (Å²) in [5.41, 5.74) is 1.47. The summed E-state index contributed by atoms with van der Waals surface area (Å²) >= 11 is 0. The smallest absolute Gasteiger partial charge is 0.342 e. The van der Waals surface area contributed by atoms with Gasteiger partial charge in [-0.15, -0.1) is 0 Å². The molecule has 338 valence electrons. The van der Waals surface area contributed by atoms with Crippen molar-refractivity contribution in [3.8, 4) is 11.5 Å². The quantitative estimate of drug-likeness (QED) is 0.0491. The second-order valence-corrected chi connectivity index (χ2v) is 36.9. The van der Waals surface area contributed by atoms with Gasteiger partial charge in [0.1, 0.15) is 29.3 Å². The van der Waals surface area contributed by atoms with Gasteiger partial charge in [-0.1, -0.05) is 98.2 Å². The van der Waals surface area contributed by atoms with Crippen molar-refractivity contribution in [2.75, 3.05) is 27.1 Å². The largest absolute Gasteiger partial charge is 0.494 e. The summed E-state index contributed by atoms with van der Waals surface area (Å²) in [7, 11) is -3.38. The number of esters is 2. The van der Waals surface area contributed by atoms with Gasteiger partial charge < -0.3 is 37.6 Å². The molecule has 0 N–H and O–H groups in total. The summed E-state index contributed by atoms with van der Waals surface area (Å²) < 4.78 is 50.1. The lowest BCUT2D eigenvalue weighted by Gasteiger charge is -2.39. The van der Waals surface area contributed by atoms with Crippen LogP contribution in [0.25, 0.3) is 0 Å². The average molecular weight is 887 g/mol. The molecular weight excluding hydrogens is 809 g/mol. The van der Waals surface area contributed by atoms with Gasteiger partial charge in [0, 0.05) is 35.4 Å². The van der Waals surface area contributed by atoms with Gasteiger partial charge in [0.05, 0.1) is 24.9 Å². The Hall–Kier alpha value is -2.79. The molecule has 0 aromatic heterocycles. The SMILES string of the molecule is COCOc1cc(OCC[Si](C)(C)C)cc(C(C)C[C@@H]2OC(C)(C)OC2C(/C=C\[C@@H](C)[C@H](C)O[Si](C)(C)C(C)(C)C)OC(=O)c2ccccc2)c1C(=O)OCC[Si](C)(C)C. The van der Waals surface area contributed by atoms with Crippen molar-refractivity contribution < 1.29 is 47.2 Å². The number of methoxy groups -OCH3 is 1. The van der Waals surface area contributed by atoms with Gasteiger partial charge in [0.25, 0.3) is 0 Å². The molecule has 0 saturated carbocycles. The Morgan fingerprint density at radius 1 is 0.833 bits per heavy atom. The minimum atomic E-state index is -2.04. The number of hydrogen-bond acceptors (Lipinski definition) is 10. The molecule has 0 bridgehead atoms. The maximum Gasteiger partial charge on any atom is 0.342 e. The van der Waals surface area contributed by atoms with E-state index < -0.39 is 60.5 Å². The minimum Gasteiger partial charge on any atom is -0.494 e. The third-order valence-electron chi connectivity index (χ3n) is 11.4. The van der Waals surface area contributed by atoms with Gasteiger partial charge >= 0.3 is 11.9 Å². The highest BCUT2D eigenvalue weighted by Gasteiger charge is 2.47. The summed E-state index contributed by atoms with van der Waals surface area (Å²) in [6, 6.07) is 14.4. The van der Waals surface area contributed by atoms with Crippen molar-refractivity contribution in [2.24, 2.45) is 5.92 Å². The summed E-state index contributed by atoms with van der Waals surface area (Å²) in [5, 5.41) is 0.0594. The topological polar surface area (TPSA) is 108 Å². The fraction of sp³-hybridized carbons (Fsp3) is 0.660. The molecular formula is C47H78O10Si3. The van der Waals surface area contributed by atoms with E-state index >= 15 is 0 Å².